The molecule has 1 aliphatic carbocycles. The summed E-state index contributed by atoms with van der Waals surface area (Å²) in [7, 11) is 6.61. The minimum absolute atomic E-state index is 0.489. The van der Waals surface area contributed by atoms with Gasteiger partial charge in [0.05, 0.1) is 0 Å². The molecule has 0 heterocycles. The van der Waals surface area contributed by atoms with E-state index in [-0.39, 0.29) is 0 Å². The Kier molecular flexibility index (Phi) is 7.49. The molecule has 0 aromatic rings. The van der Waals surface area contributed by atoms with Gasteiger partial charge in [0, 0.05) is 32.2 Å². The van der Waals surface area contributed by atoms with Gasteiger partial charge in [-0.2, -0.15) is 0 Å². The minimum atomic E-state index is 0.489. The Morgan fingerprint density at radius 2 is 1.90 bits per heavy atom. The van der Waals surface area contributed by atoms with Crippen molar-refractivity contribution >= 4 is 0 Å². The molecule has 1 rings (SSSR count). The van der Waals surface area contributed by atoms with Gasteiger partial charge in [-0.15, -0.1) is 0 Å². The first-order chi connectivity index (χ1) is 9.33. The van der Waals surface area contributed by atoms with Crippen molar-refractivity contribution in [3.05, 3.63) is 0 Å². The lowest BCUT2D eigenvalue weighted by molar-refractivity contribution is 0.0869. The molecule has 2 unspecified atom stereocenters. The van der Waals surface area contributed by atoms with E-state index in [1.165, 1.54) is 45.3 Å². The molecule has 0 amide bonds. The van der Waals surface area contributed by atoms with Gasteiger partial charge in [0.1, 0.15) is 0 Å². The minimum Gasteiger partial charge on any atom is -0.314 e. The lowest BCUT2D eigenvalue weighted by atomic mass is 9.69. The van der Waals surface area contributed by atoms with Gasteiger partial charge < -0.3 is 15.1 Å². The second kappa shape index (κ2) is 8.35. The number of nitrogens with one attached hydrogen (secondary N) is 1. The summed E-state index contributed by atoms with van der Waals surface area (Å²) >= 11 is 0. The molecule has 0 radical (unpaired) electrons. The highest BCUT2D eigenvalue weighted by Gasteiger charge is 2.35. The van der Waals surface area contributed by atoms with E-state index in [0.717, 1.165) is 12.5 Å². The lowest BCUT2D eigenvalue weighted by Gasteiger charge is -2.43. The SMILES string of the molecule is CC1CCCC(CNC(C)C)(CN(C)CCN(C)C)C1. The van der Waals surface area contributed by atoms with Crippen LogP contribution >= 0.6 is 0 Å². The average Bonchev–Trinajstić information content (AvgIpc) is 2.34. The first-order valence-corrected chi connectivity index (χ1v) is 8.40. The molecule has 1 fully saturated rings. The Bertz CT molecular complexity index is 265. The Hall–Kier alpha value is -0.120. The largest absolute Gasteiger partial charge is 0.314 e. The van der Waals surface area contributed by atoms with Crippen LogP contribution in [0, 0.1) is 11.3 Å². The molecule has 3 nitrogen and oxygen atoms in total. The smallest absolute Gasteiger partial charge is 0.0106 e. The second-order valence-corrected chi connectivity index (χ2v) is 7.78. The maximum Gasteiger partial charge on any atom is 0.0106 e. The van der Waals surface area contributed by atoms with Crippen molar-refractivity contribution in [2.75, 3.05) is 47.3 Å². The highest BCUT2D eigenvalue weighted by atomic mass is 15.2. The van der Waals surface area contributed by atoms with Gasteiger partial charge in [0.25, 0.3) is 0 Å². The van der Waals surface area contributed by atoms with Crippen LogP contribution in [0.3, 0.4) is 0 Å². The van der Waals surface area contributed by atoms with E-state index in [9.17, 15) is 0 Å². The first kappa shape index (κ1) is 17.9. The van der Waals surface area contributed by atoms with Crippen molar-refractivity contribution in [2.45, 2.75) is 52.5 Å². The average molecular weight is 284 g/mol. The van der Waals surface area contributed by atoms with Crippen molar-refractivity contribution in [3.8, 4) is 0 Å². The van der Waals surface area contributed by atoms with Crippen LogP contribution in [-0.2, 0) is 0 Å². The van der Waals surface area contributed by atoms with Crippen molar-refractivity contribution in [2.24, 2.45) is 11.3 Å². The lowest BCUT2D eigenvalue weighted by Crippen LogP contribution is -2.48. The maximum absolute atomic E-state index is 3.71. The van der Waals surface area contributed by atoms with Crippen LogP contribution in [-0.4, -0.2) is 63.2 Å². The number of nitrogens with zero attached hydrogens (tertiary/aromatic N) is 2. The van der Waals surface area contributed by atoms with E-state index in [1.54, 1.807) is 0 Å². The van der Waals surface area contributed by atoms with Crippen LogP contribution in [0.15, 0.2) is 0 Å². The van der Waals surface area contributed by atoms with Gasteiger partial charge in [0.15, 0.2) is 0 Å². The predicted molar refractivity (Wildman–Crippen MR) is 89.3 cm³/mol. The summed E-state index contributed by atoms with van der Waals surface area (Å²) in [6.07, 6.45) is 5.61. The van der Waals surface area contributed by atoms with Gasteiger partial charge in [-0.25, -0.2) is 0 Å². The number of hydrogen-bond acceptors (Lipinski definition) is 3. The van der Waals surface area contributed by atoms with Crippen LogP contribution in [0.25, 0.3) is 0 Å². The third-order valence-corrected chi connectivity index (χ3v) is 4.61. The van der Waals surface area contributed by atoms with Crippen molar-refractivity contribution in [3.63, 3.8) is 0 Å². The molecule has 0 aromatic heterocycles. The van der Waals surface area contributed by atoms with E-state index in [2.05, 4.69) is 57.0 Å². The molecule has 1 N–H and O–H groups in total. The van der Waals surface area contributed by atoms with Gasteiger partial charge in [0.2, 0.25) is 0 Å². The summed E-state index contributed by atoms with van der Waals surface area (Å²) in [6, 6.07) is 0.594. The molecule has 20 heavy (non-hydrogen) atoms. The van der Waals surface area contributed by atoms with Crippen LogP contribution in [0.1, 0.15) is 46.5 Å². The summed E-state index contributed by atoms with van der Waals surface area (Å²) in [5.41, 5.74) is 0.489. The van der Waals surface area contributed by atoms with Gasteiger partial charge >= 0.3 is 0 Å². The van der Waals surface area contributed by atoms with E-state index < -0.39 is 0 Å². The van der Waals surface area contributed by atoms with Crippen LogP contribution < -0.4 is 5.32 Å². The molecule has 2 atom stereocenters. The normalized spacial score (nSPS) is 27.8. The number of hydrogen-bond donors (Lipinski definition) is 1. The predicted octanol–water partition coefficient (Wildman–Crippen LogP) is 2.67. The summed E-state index contributed by atoms with van der Waals surface area (Å²) in [4.78, 5) is 4.82. The monoisotopic (exact) mass is 283 g/mol. The molecule has 120 valence electrons. The van der Waals surface area contributed by atoms with Gasteiger partial charge in [-0.3, -0.25) is 0 Å². The van der Waals surface area contributed by atoms with Crippen molar-refractivity contribution < 1.29 is 0 Å². The van der Waals surface area contributed by atoms with Crippen LogP contribution in [0.5, 0.6) is 0 Å². The maximum atomic E-state index is 3.71. The third kappa shape index (κ3) is 6.55. The Morgan fingerprint density at radius 1 is 1.20 bits per heavy atom. The fourth-order valence-electron chi connectivity index (χ4n) is 3.57. The summed E-state index contributed by atoms with van der Waals surface area (Å²) in [5, 5.41) is 3.71. The quantitative estimate of drug-likeness (QED) is 0.739. The zero-order valence-electron chi connectivity index (χ0n) is 14.7. The molecule has 0 bridgehead atoms. The highest BCUT2D eigenvalue weighted by Crippen LogP contribution is 2.39. The fraction of sp³-hybridized carbons (Fsp3) is 1.00. The Balaban J connectivity index is 2.57. The number of likely N-dealkylation sites (N-methyl/N-ethyl adjacent to an activating group) is 2. The topological polar surface area (TPSA) is 18.5 Å². The van der Waals surface area contributed by atoms with Crippen molar-refractivity contribution in [1.29, 1.82) is 0 Å². The standard InChI is InChI=1S/C17H37N3/c1-15(2)18-13-17(9-7-8-16(3)12-17)14-20(6)11-10-19(4)5/h15-16,18H,7-14H2,1-6H3. The summed E-state index contributed by atoms with van der Waals surface area (Å²) in [6.45, 7) is 11.7. The van der Waals surface area contributed by atoms with Crippen LogP contribution in [0.2, 0.25) is 0 Å². The zero-order valence-corrected chi connectivity index (χ0v) is 14.7. The number of rotatable bonds is 8. The molecule has 0 aliphatic heterocycles. The molecule has 1 aliphatic rings. The molecule has 0 spiro atoms. The van der Waals surface area contributed by atoms with E-state index in [0.29, 0.717) is 11.5 Å². The molecular weight excluding hydrogens is 246 g/mol. The van der Waals surface area contributed by atoms with Gasteiger partial charge in [-0.1, -0.05) is 33.6 Å². The molecule has 3 heteroatoms. The van der Waals surface area contributed by atoms with E-state index in [1.807, 2.05) is 0 Å². The third-order valence-electron chi connectivity index (χ3n) is 4.61. The first-order valence-electron chi connectivity index (χ1n) is 8.40. The molecule has 0 saturated heterocycles. The van der Waals surface area contributed by atoms with E-state index in [4.69, 9.17) is 0 Å². The zero-order chi connectivity index (χ0) is 15.2. The van der Waals surface area contributed by atoms with Crippen LogP contribution in [0.4, 0.5) is 0 Å². The highest BCUT2D eigenvalue weighted by molar-refractivity contribution is 4.90. The Labute approximate surface area is 127 Å². The second-order valence-electron chi connectivity index (χ2n) is 7.78. The molecular formula is C17H37N3. The van der Waals surface area contributed by atoms with E-state index >= 15 is 0 Å². The van der Waals surface area contributed by atoms with Crippen molar-refractivity contribution in [1.82, 2.24) is 15.1 Å². The Morgan fingerprint density at radius 3 is 2.45 bits per heavy atom. The molecule has 0 aromatic carbocycles. The van der Waals surface area contributed by atoms with Gasteiger partial charge in [-0.05, 0) is 45.3 Å². The summed E-state index contributed by atoms with van der Waals surface area (Å²) in [5.74, 6) is 0.889. The fourth-order valence-corrected chi connectivity index (χ4v) is 3.57. The molecule has 1 saturated carbocycles. The summed E-state index contributed by atoms with van der Waals surface area (Å²) < 4.78 is 0.